The standard InChI is InChI=1S/C10H13BrN2O2/c1-6-5-8(3-4-9(6)11)15-7(2)10(14)13-12/h3-5,7H,12H2,1-2H3,(H,13,14). The molecular weight excluding hydrogens is 260 g/mol. The third kappa shape index (κ3) is 3.21. The summed E-state index contributed by atoms with van der Waals surface area (Å²) in [6, 6.07) is 5.51. The topological polar surface area (TPSA) is 64.3 Å². The van der Waals surface area contributed by atoms with Gasteiger partial charge in [0, 0.05) is 4.47 Å². The molecular formula is C10H13BrN2O2. The second-order valence-electron chi connectivity index (χ2n) is 3.18. The number of carbonyl (C=O) groups excluding carboxylic acids is 1. The van der Waals surface area contributed by atoms with E-state index < -0.39 is 6.10 Å². The molecule has 15 heavy (non-hydrogen) atoms. The van der Waals surface area contributed by atoms with Crippen LogP contribution < -0.4 is 16.0 Å². The Hall–Kier alpha value is -1.07. The number of aryl methyl sites for hydroxylation is 1. The van der Waals surface area contributed by atoms with Crippen molar-refractivity contribution in [3.8, 4) is 5.75 Å². The molecule has 0 aliphatic carbocycles. The number of rotatable bonds is 3. The first kappa shape index (κ1) is 12.0. The maximum atomic E-state index is 11.1. The number of ether oxygens (including phenoxy) is 1. The van der Waals surface area contributed by atoms with Crippen molar-refractivity contribution in [2.75, 3.05) is 0 Å². The van der Waals surface area contributed by atoms with E-state index in [2.05, 4.69) is 15.9 Å². The minimum Gasteiger partial charge on any atom is -0.481 e. The molecule has 0 aromatic heterocycles. The number of hydrogen-bond acceptors (Lipinski definition) is 3. The van der Waals surface area contributed by atoms with Crippen molar-refractivity contribution in [2.45, 2.75) is 20.0 Å². The molecule has 1 aromatic carbocycles. The molecule has 1 atom stereocenters. The lowest BCUT2D eigenvalue weighted by Gasteiger charge is -2.13. The van der Waals surface area contributed by atoms with Gasteiger partial charge in [-0.25, -0.2) is 5.84 Å². The summed E-state index contributed by atoms with van der Waals surface area (Å²) in [4.78, 5) is 11.1. The van der Waals surface area contributed by atoms with E-state index in [0.717, 1.165) is 10.0 Å². The fourth-order valence-electron chi connectivity index (χ4n) is 1.07. The Bertz CT molecular complexity index is 368. The van der Waals surface area contributed by atoms with E-state index >= 15 is 0 Å². The zero-order valence-electron chi connectivity index (χ0n) is 8.58. The normalized spacial score (nSPS) is 12.0. The molecule has 0 fully saturated rings. The van der Waals surface area contributed by atoms with Crippen molar-refractivity contribution in [1.82, 2.24) is 5.43 Å². The summed E-state index contributed by atoms with van der Waals surface area (Å²) in [6.07, 6.45) is -0.601. The van der Waals surface area contributed by atoms with Crippen LogP contribution in [0.15, 0.2) is 22.7 Å². The highest BCUT2D eigenvalue weighted by Crippen LogP contribution is 2.22. The highest BCUT2D eigenvalue weighted by Gasteiger charge is 2.12. The number of nitrogens with one attached hydrogen (secondary N) is 1. The summed E-state index contributed by atoms with van der Waals surface area (Å²) >= 11 is 3.38. The minimum absolute atomic E-state index is 0.351. The Kier molecular flexibility index (Phi) is 4.11. The molecule has 3 N–H and O–H groups in total. The largest absolute Gasteiger partial charge is 0.481 e. The quantitative estimate of drug-likeness (QED) is 0.498. The first-order chi connectivity index (χ1) is 7.04. The van der Waals surface area contributed by atoms with Crippen molar-refractivity contribution in [2.24, 2.45) is 5.84 Å². The first-order valence-electron chi connectivity index (χ1n) is 4.48. The Labute approximate surface area is 96.9 Å². The maximum absolute atomic E-state index is 11.1. The number of nitrogens with two attached hydrogens (primary N) is 1. The Morgan fingerprint density at radius 1 is 1.60 bits per heavy atom. The molecule has 0 aliphatic rings. The Balaban J connectivity index is 2.73. The van der Waals surface area contributed by atoms with Gasteiger partial charge in [-0.15, -0.1) is 0 Å². The molecule has 82 valence electrons. The van der Waals surface area contributed by atoms with Crippen LogP contribution in [0, 0.1) is 6.92 Å². The zero-order chi connectivity index (χ0) is 11.4. The van der Waals surface area contributed by atoms with Crippen LogP contribution >= 0.6 is 15.9 Å². The molecule has 0 aliphatic heterocycles. The Morgan fingerprint density at radius 3 is 2.80 bits per heavy atom. The van der Waals surface area contributed by atoms with Gasteiger partial charge in [-0.1, -0.05) is 15.9 Å². The van der Waals surface area contributed by atoms with Crippen molar-refractivity contribution in [3.63, 3.8) is 0 Å². The zero-order valence-corrected chi connectivity index (χ0v) is 10.2. The smallest absolute Gasteiger partial charge is 0.274 e. The monoisotopic (exact) mass is 272 g/mol. The number of carbonyl (C=O) groups is 1. The second-order valence-corrected chi connectivity index (χ2v) is 4.03. The van der Waals surface area contributed by atoms with Gasteiger partial charge in [-0.2, -0.15) is 0 Å². The van der Waals surface area contributed by atoms with Crippen molar-refractivity contribution in [3.05, 3.63) is 28.2 Å². The molecule has 0 saturated carbocycles. The lowest BCUT2D eigenvalue weighted by molar-refractivity contribution is -0.127. The molecule has 1 amide bonds. The molecule has 0 bridgehead atoms. The molecule has 1 aromatic rings. The summed E-state index contributed by atoms with van der Waals surface area (Å²) in [7, 11) is 0. The van der Waals surface area contributed by atoms with Crippen molar-refractivity contribution < 1.29 is 9.53 Å². The molecule has 0 saturated heterocycles. The van der Waals surface area contributed by atoms with Gasteiger partial charge in [0.1, 0.15) is 5.75 Å². The third-order valence-electron chi connectivity index (χ3n) is 1.95. The van der Waals surface area contributed by atoms with E-state index in [9.17, 15) is 4.79 Å². The highest BCUT2D eigenvalue weighted by atomic mass is 79.9. The number of hydrogen-bond donors (Lipinski definition) is 2. The minimum atomic E-state index is -0.601. The molecule has 0 heterocycles. The van der Waals surface area contributed by atoms with Gasteiger partial charge in [0.25, 0.3) is 5.91 Å². The number of hydrazine groups is 1. The molecule has 5 heteroatoms. The van der Waals surface area contributed by atoms with Gasteiger partial charge >= 0.3 is 0 Å². The number of halogens is 1. The van der Waals surface area contributed by atoms with Crippen molar-refractivity contribution in [1.29, 1.82) is 0 Å². The molecule has 1 unspecified atom stereocenters. The molecule has 1 rings (SSSR count). The van der Waals surface area contributed by atoms with Crippen LogP contribution in [0.2, 0.25) is 0 Å². The average molecular weight is 273 g/mol. The summed E-state index contributed by atoms with van der Waals surface area (Å²) in [5.74, 6) is 5.29. The van der Waals surface area contributed by atoms with E-state index in [1.807, 2.05) is 24.5 Å². The average Bonchev–Trinajstić information content (AvgIpc) is 2.22. The third-order valence-corrected chi connectivity index (χ3v) is 2.84. The summed E-state index contributed by atoms with van der Waals surface area (Å²) in [5, 5.41) is 0. The van der Waals surface area contributed by atoms with E-state index in [1.54, 1.807) is 13.0 Å². The van der Waals surface area contributed by atoms with Crippen LogP contribution in [0.25, 0.3) is 0 Å². The SMILES string of the molecule is Cc1cc(OC(C)C(=O)NN)ccc1Br. The van der Waals surface area contributed by atoms with Gasteiger partial charge in [0.05, 0.1) is 0 Å². The lowest BCUT2D eigenvalue weighted by Crippen LogP contribution is -2.40. The van der Waals surface area contributed by atoms with Crippen LogP contribution in [-0.4, -0.2) is 12.0 Å². The molecule has 4 nitrogen and oxygen atoms in total. The number of benzene rings is 1. The van der Waals surface area contributed by atoms with Crippen molar-refractivity contribution >= 4 is 21.8 Å². The fourth-order valence-corrected chi connectivity index (χ4v) is 1.31. The van der Waals surface area contributed by atoms with Gasteiger partial charge in [-0.3, -0.25) is 10.2 Å². The number of amides is 1. The van der Waals surface area contributed by atoms with Crippen LogP contribution in [-0.2, 0) is 4.79 Å². The summed E-state index contributed by atoms with van der Waals surface area (Å²) < 4.78 is 6.40. The van der Waals surface area contributed by atoms with Gasteiger partial charge < -0.3 is 4.74 Å². The van der Waals surface area contributed by atoms with Gasteiger partial charge in [0.15, 0.2) is 6.10 Å². The van der Waals surface area contributed by atoms with Gasteiger partial charge in [-0.05, 0) is 37.6 Å². The first-order valence-corrected chi connectivity index (χ1v) is 5.27. The maximum Gasteiger partial charge on any atom is 0.274 e. The predicted molar refractivity (Wildman–Crippen MR) is 61.3 cm³/mol. The van der Waals surface area contributed by atoms with E-state index in [1.165, 1.54) is 0 Å². The summed E-state index contributed by atoms with van der Waals surface area (Å²) in [5.41, 5.74) is 3.09. The predicted octanol–water partition coefficient (Wildman–Crippen LogP) is 1.51. The highest BCUT2D eigenvalue weighted by molar-refractivity contribution is 9.10. The van der Waals surface area contributed by atoms with Gasteiger partial charge in [0.2, 0.25) is 0 Å². The fraction of sp³-hybridized carbons (Fsp3) is 0.300. The van der Waals surface area contributed by atoms with Crippen LogP contribution in [0.5, 0.6) is 5.75 Å². The molecule has 0 spiro atoms. The second kappa shape index (κ2) is 5.14. The van der Waals surface area contributed by atoms with Crippen LogP contribution in [0.3, 0.4) is 0 Å². The Morgan fingerprint density at radius 2 is 2.27 bits per heavy atom. The molecule has 0 radical (unpaired) electrons. The lowest BCUT2D eigenvalue weighted by atomic mass is 10.2. The van der Waals surface area contributed by atoms with E-state index in [-0.39, 0.29) is 5.91 Å². The van der Waals surface area contributed by atoms with Crippen LogP contribution in [0.4, 0.5) is 0 Å². The summed E-state index contributed by atoms with van der Waals surface area (Å²) in [6.45, 7) is 3.59. The van der Waals surface area contributed by atoms with E-state index in [4.69, 9.17) is 10.6 Å². The van der Waals surface area contributed by atoms with E-state index in [0.29, 0.717) is 5.75 Å². The van der Waals surface area contributed by atoms with Crippen LogP contribution in [0.1, 0.15) is 12.5 Å².